The maximum Gasteiger partial charge on any atom is 0.161 e. The number of rotatable bonds is 6. The lowest BCUT2D eigenvalue weighted by Gasteiger charge is -2.44. The molecule has 0 fully saturated rings. The zero-order chi connectivity index (χ0) is 23.7. The number of Topliss-reactive ketones (excluding diaryl/α,β-unsaturated/α-hetero) is 2. The van der Waals surface area contributed by atoms with E-state index in [1.54, 1.807) is 6.07 Å². The molecule has 0 aromatic heterocycles. The highest BCUT2D eigenvalue weighted by atomic mass is 16.5. The van der Waals surface area contributed by atoms with E-state index in [0.717, 1.165) is 66.8 Å². The first kappa shape index (κ1) is 22.5. The average Bonchev–Trinajstić information content (AvgIpc) is 2.85. The molecule has 0 amide bonds. The molecule has 2 aliphatic carbocycles. The van der Waals surface area contributed by atoms with Gasteiger partial charge in [-0.1, -0.05) is 36.4 Å². The summed E-state index contributed by atoms with van der Waals surface area (Å²) in [5.41, 5.74) is 5.78. The van der Waals surface area contributed by atoms with E-state index >= 15 is 0 Å². The molecule has 1 heterocycles. The molecule has 0 radical (unpaired) electrons. The molecule has 0 saturated heterocycles. The monoisotopic (exact) mass is 457 g/mol. The maximum absolute atomic E-state index is 13.4. The minimum absolute atomic E-state index is 0.0687. The first-order valence-electron chi connectivity index (χ1n) is 12.4. The summed E-state index contributed by atoms with van der Waals surface area (Å²) >= 11 is 0. The zero-order valence-corrected chi connectivity index (χ0v) is 19.7. The van der Waals surface area contributed by atoms with E-state index in [9.17, 15) is 14.7 Å². The molecule has 0 spiro atoms. The number of hydrogen-bond acceptors (Lipinski definition) is 5. The maximum atomic E-state index is 13.4. The van der Waals surface area contributed by atoms with Crippen LogP contribution < -0.4 is 4.74 Å². The minimum Gasteiger partial charge on any atom is -0.504 e. The molecule has 5 rings (SSSR count). The number of allylic oxidation sites excluding steroid dienone is 4. The standard InChI is InChI=1S/C29H31NO4/c1-2-34-26-18-20(14-15-23(26)31)27-28-21(10-6-12-24(28)32)30(17-16-19-8-4-3-5-9-19)22-11-7-13-25(33)29(22)27/h3-5,8-9,14-15,18,27,31H,2,6-7,10-13,16-17H2,1H3. The van der Waals surface area contributed by atoms with Gasteiger partial charge in [0.1, 0.15) is 0 Å². The van der Waals surface area contributed by atoms with Crippen LogP contribution >= 0.6 is 0 Å². The van der Waals surface area contributed by atoms with Gasteiger partial charge in [0.25, 0.3) is 0 Å². The smallest absolute Gasteiger partial charge is 0.161 e. The Morgan fingerprint density at radius 2 is 1.56 bits per heavy atom. The van der Waals surface area contributed by atoms with Crippen molar-refractivity contribution in [2.24, 2.45) is 0 Å². The van der Waals surface area contributed by atoms with Gasteiger partial charge in [-0.15, -0.1) is 0 Å². The molecule has 0 bridgehead atoms. The Bertz CT molecular complexity index is 1130. The number of phenolic OH excluding ortho intramolecular Hbond substituents is 1. The molecule has 1 aliphatic heterocycles. The summed E-state index contributed by atoms with van der Waals surface area (Å²) in [6, 6.07) is 15.6. The van der Waals surface area contributed by atoms with Crippen molar-refractivity contribution in [3.8, 4) is 11.5 Å². The number of nitrogens with zero attached hydrogens (tertiary/aromatic N) is 1. The molecule has 34 heavy (non-hydrogen) atoms. The molecule has 0 saturated carbocycles. The Morgan fingerprint density at radius 3 is 2.18 bits per heavy atom. The first-order chi connectivity index (χ1) is 16.6. The Labute approximate surface area is 200 Å². The Hall–Kier alpha value is -3.34. The second-order valence-corrected chi connectivity index (χ2v) is 9.25. The van der Waals surface area contributed by atoms with Crippen molar-refractivity contribution in [1.82, 2.24) is 4.90 Å². The largest absolute Gasteiger partial charge is 0.504 e. The van der Waals surface area contributed by atoms with Gasteiger partial charge in [0.15, 0.2) is 23.1 Å². The number of benzene rings is 2. The van der Waals surface area contributed by atoms with Gasteiger partial charge in [-0.05, 0) is 62.3 Å². The summed E-state index contributed by atoms with van der Waals surface area (Å²) < 4.78 is 5.64. The van der Waals surface area contributed by atoms with Crippen molar-refractivity contribution in [2.75, 3.05) is 13.2 Å². The van der Waals surface area contributed by atoms with Crippen molar-refractivity contribution in [1.29, 1.82) is 0 Å². The summed E-state index contributed by atoms with van der Waals surface area (Å²) in [5.74, 6) is 0.332. The molecule has 5 nitrogen and oxygen atoms in total. The van der Waals surface area contributed by atoms with E-state index in [0.29, 0.717) is 25.2 Å². The molecule has 2 aromatic carbocycles. The van der Waals surface area contributed by atoms with E-state index in [1.807, 2.05) is 37.3 Å². The van der Waals surface area contributed by atoms with Crippen LogP contribution in [0.3, 0.4) is 0 Å². The molecule has 1 N–H and O–H groups in total. The van der Waals surface area contributed by atoms with E-state index < -0.39 is 5.92 Å². The van der Waals surface area contributed by atoms with Gasteiger partial charge in [-0.2, -0.15) is 0 Å². The van der Waals surface area contributed by atoms with Crippen molar-refractivity contribution in [2.45, 2.75) is 57.8 Å². The highest BCUT2D eigenvalue weighted by Crippen LogP contribution is 2.50. The molecular weight excluding hydrogens is 426 g/mol. The van der Waals surface area contributed by atoms with Crippen LogP contribution in [0.15, 0.2) is 71.1 Å². The molecule has 0 atom stereocenters. The Kier molecular flexibility index (Phi) is 6.27. The molecule has 2 aromatic rings. The number of aromatic hydroxyl groups is 1. The van der Waals surface area contributed by atoms with Gasteiger partial charge in [-0.25, -0.2) is 0 Å². The fourth-order valence-corrected chi connectivity index (χ4v) is 5.69. The topological polar surface area (TPSA) is 66.8 Å². The van der Waals surface area contributed by atoms with E-state index in [1.165, 1.54) is 5.56 Å². The number of hydrogen-bond donors (Lipinski definition) is 1. The predicted octanol–water partition coefficient (Wildman–Crippen LogP) is 5.45. The van der Waals surface area contributed by atoms with Gasteiger partial charge < -0.3 is 14.7 Å². The van der Waals surface area contributed by atoms with Gasteiger partial charge in [0.2, 0.25) is 0 Å². The number of carbonyl (C=O) groups excluding carboxylic acids is 2. The van der Waals surface area contributed by atoms with E-state index in [4.69, 9.17) is 4.74 Å². The zero-order valence-electron chi connectivity index (χ0n) is 19.7. The van der Waals surface area contributed by atoms with Crippen molar-refractivity contribution in [3.05, 3.63) is 82.2 Å². The number of carbonyl (C=O) groups is 2. The third-order valence-electron chi connectivity index (χ3n) is 7.17. The summed E-state index contributed by atoms with van der Waals surface area (Å²) in [6.45, 7) is 3.05. The number of ether oxygens (including phenoxy) is 1. The molecular formula is C29H31NO4. The van der Waals surface area contributed by atoms with Crippen LogP contribution in [0.4, 0.5) is 0 Å². The SMILES string of the molecule is CCOc1cc(C2C3=C(CCCC3=O)N(CCc3ccccc3)C3=C2C(=O)CCC3)ccc1O. The van der Waals surface area contributed by atoms with Crippen LogP contribution in [0.1, 0.15) is 62.5 Å². The van der Waals surface area contributed by atoms with Crippen LogP contribution in [-0.4, -0.2) is 34.7 Å². The predicted molar refractivity (Wildman–Crippen MR) is 131 cm³/mol. The van der Waals surface area contributed by atoms with Crippen molar-refractivity contribution < 1.29 is 19.4 Å². The summed E-state index contributed by atoms with van der Waals surface area (Å²) in [7, 11) is 0. The first-order valence-corrected chi connectivity index (χ1v) is 12.4. The Morgan fingerprint density at radius 1 is 0.912 bits per heavy atom. The summed E-state index contributed by atoms with van der Waals surface area (Å²) in [4.78, 5) is 29.1. The second kappa shape index (κ2) is 9.49. The lowest BCUT2D eigenvalue weighted by atomic mass is 9.71. The fraction of sp³-hybridized carbons (Fsp3) is 0.379. The van der Waals surface area contributed by atoms with Crippen molar-refractivity contribution in [3.63, 3.8) is 0 Å². The van der Waals surface area contributed by atoms with Crippen LogP contribution in [0.2, 0.25) is 0 Å². The quantitative estimate of drug-likeness (QED) is 0.625. The molecule has 5 heteroatoms. The summed E-state index contributed by atoms with van der Waals surface area (Å²) in [5, 5.41) is 10.3. The highest BCUT2D eigenvalue weighted by Gasteiger charge is 2.43. The van der Waals surface area contributed by atoms with Crippen molar-refractivity contribution >= 4 is 11.6 Å². The van der Waals surface area contributed by atoms with E-state index in [-0.39, 0.29) is 17.3 Å². The second-order valence-electron chi connectivity index (χ2n) is 9.25. The minimum atomic E-state index is -0.390. The third kappa shape index (κ3) is 4.04. The molecule has 176 valence electrons. The highest BCUT2D eigenvalue weighted by molar-refractivity contribution is 6.06. The lowest BCUT2D eigenvalue weighted by Crippen LogP contribution is -2.39. The number of ketones is 2. The van der Waals surface area contributed by atoms with E-state index in [2.05, 4.69) is 17.0 Å². The third-order valence-corrected chi connectivity index (χ3v) is 7.17. The molecule has 0 unspecified atom stereocenters. The van der Waals surface area contributed by atoms with Crippen LogP contribution in [0.5, 0.6) is 11.5 Å². The van der Waals surface area contributed by atoms with Gasteiger partial charge in [-0.3, -0.25) is 9.59 Å². The Balaban J connectivity index is 1.63. The van der Waals surface area contributed by atoms with Gasteiger partial charge in [0, 0.05) is 47.8 Å². The lowest BCUT2D eigenvalue weighted by molar-refractivity contribution is -0.117. The number of phenols is 1. The molecule has 3 aliphatic rings. The summed E-state index contributed by atoms with van der Waals surface area (Å²) in [6.07, 6.45) is 5.23. The van der Waals surface area contributed by atoms with Crippen LogP contribution in [0, 0.1) is 0 Å². The van der Waals surface area contributed by atoms with Gasteiger partial charge >= 0.3 is 0 Å². The van der Waals surface area contributed by atoms with Crippen LogP contribution in [0.25, 0.3) is 0 Å². The fourth-order valence-electron chi connectivity index (χ4n) is 5.69. The average molecular weight is 458 g/mol. The normalized spacial score (nSPS) is 18.8. The van der Waals surface area contributed by atoms with Crippen LogP contribution in [-0.2, 0) is 16.0 Å². The van der Waals surface area contributed by atoms with Gasteiger partial charge in [0.05, 0.1) is 6.61 Å².